The fourth-order valence-electron chi connectivity index (χ4n) is 4.79. The molecule has 1 amide bonds. The lowest BCUT2D eigenvalue weighted by atomic mass is 9.91. The third-order valence-corrected chi connectivity index (χ3v) is 6.69. The van der Waals surface area contributed by atoms with Gasteiger partial charge in [-0.2, -0.15) is 5.10 Å². The lowest BCUT2D eigenvalue weighted by Gasteiger charge is -2.51. The Hall–Kier alpha value is -2.93. The van der Waals surface area contributed by atoms with Crippen LogP contribution in [0.1, 0.15) is 43.4 Å². The Morgan fingerprint density at radius 1 is 1.22 bits per heavy atom. The van der Waals surface area contributed by atoms with Crippen LogP contribution in [0.5, 0.6) is 11.5 Å². The Labute approximate surface area is 192 Å². The molecule has 0 N–H and O–H groups in total. The molecule has 0 saturated carbocycles. The number of rotatable bonds is 3. The molecule has 0 unspecified atom stereocenters. The van der Waals surface area contributed by atoms with Crippen molar-refractivity contribution < 1.29 is 19.0 Å². The van der Waals surface area contributed by atoms with Crippen LogP contribution in [-0.2, 0) is 4.74 Å². The Morgan fingerprint density at radius 2 is 1.97 bits per heavy atom. The Balaban J connectivity index is 1.48. The molecule has 3 aliphatic rings. The van der Waals surface area contributed by atoms with Gasteiger partial charge in [-0.25, -0.2) is 9.80 Å². The van der Waals surface area contributed by atoms with Gasteiger partial charge in [0, 0.05) is 42.9 Å². The first-order valence-electron chi connectivity index (χ1n) is 10.9. The third-order valence-electron chi connectivity index (χ3n) is 6.45. The molecule has 3 aliphatic heterocycles. The molecule has 7 nitrogen and oxygen atoms in total. The van der Waals surface area contributed by atoms with Gasteiger partial charge in [0.2, 0.25) is 5.72 Å². The number of hydrogen-bond donors (Lipinski definition) is 0. The molecule has 0 aromatic heterocycles. The Kier molecular flexibility index (Phi) is 5.37. The van der Waals surface area contributed by atoms with Crippen molar-refractivity contribution in [2.45, 2.75) is 38.0 Å². The van der Waals surface area contributed by atoms with Crippen molar-refractivity contribution >= 4 is 23.4 Å². The normalized spacial score (nSPS) is 20.8. The van der Waals surface area contributed by atoms with E-state index in [1.807, 2.05) is 49.4 Å². The largest absolute Gasteiger partial charge is 0.497 e. The van der Waals surface area contributed by atoms with E-state index in [9.17, 15) is 4.79 Å². The first-order valence-corrected chi connectivity index (χ1v) is 11.3. The number of halogens is 1. The molecule has 0 bridgehead atoms. The predicted octanol–water partition coefficient (Wildman–Crippen LogP) is 4.84. The van der Waals surface area contributed by atoms with E-state index in [0.717, 1.165) is 34.8 Å². The maximum absolute atomic E-state index is 12.2. The monoisotopic (exact) mass is 455 g/mol. The smallest absolute Gasteiger partial charge is 0.409 e. The standard InChI is InChI=1S/C24H26ClN3O4/c1-3-31-23(29)27-12-10-24(11-13-27)28-21(19-14-17(25)6-9-22(19)32-24)15-20(26-28)16-4-7-18(30-2)8-5-16/h4-9,14,21H,3,10-13,15H2,1-2H3/t21-/m1/s1. The van der Waals surface area contributed by atoms with Crippen LogP contribution in [0.4, 0.5) is 4.79 Å². The molecular formula is C24H26ClN3O4. The minimum absolute atomic E-state index is 0.0312. The summed E-state index contributed by atoms with van der Waals surface area (Å²) in [5.41, 5.74) is 2.50. The van der Waals surface area contributed by atoms with Gasteiger partial charge in [0.15, 0.2) is 0 Å². The van der Waals surface area contributed by atoms with Crippen molar-refractivity contribution in [1.82, 2.24) is 9.91 Å². The SMILES string of the molecule is CCOC(=O)N1CCC2(CC1)Oc1ccc(Cl)cc1[C@H]1CC(c3ccc(OC)cc3)=NN12. The van der Waals surface area contributed by atoms with E-state index in [1.54, 1.807) is 12.0 Å². The summed E-state index contributed by atoms with van der Waals surface area (Å²) in [5.74, 6) is 1.65. The summed E-state index contributed by atoms with van der Waals surface area (Å²) in [6, 6.07) is 13.8. The molecule has 5 rings (SSSR count). The third kappa shape index (κ3) is 3.54. The van der Waals surface area contributed by atoms with Crippen molar-refractivity contribution in [2.75, 3.05) is 26.8 Å². The summed E-state index contributed by atoms with van der Waals surface area (Å²) in [5, 5.41) is 7.84. The number of piperidine rings is 1. The van der Waals surface area contributed by atoms with E-state index in [-0.39, 0.29) is 12.1 Å². The maximum Gasteiger partial charge on any atom is 0.409 e. The number of carbonyl (C=O) groups excluding carboxylic acids is 1. The molecule has 168 valence electrons. The number of amides is 1. The fourth-order valence-corrected chi connectivity index (χ4v) is 4.98. The Morgan fingerprint density at radius 3 is 2.66 bits per heavy atom. The number of hydrazone groups is 1. The molecule has 1 atom stereocenters. The number of hydrogen-bond acceptors (Lipinski definition) is 6. The summed E-state index contributed by atoms with van der Waals surface area (Å²) in [6.07, 6.45) is 1.77. The Bertz CT molecular complexity index is 1050. The summed E-state index contributed by atoms with van der Waals surface area (Å²) in [7, 11) is 1.66. The van der Waals surface area contributed by atoms with Crippen molar-refractivity contribution in [1.29, 1.82) is 0 Å². The highest BCUT2D eigenvalue weighted by Crippen LogP contribution is 2.50. The predicted molar refractivity (Wildman–Crippen MR) is 121 cm³/mol. The van der Waals surface area contributed by atoms with Crippen LogP contribution in [0.25, 0.3) is 0 Å². The second-order valence-corrected chi connectivity index (χ2v) is 8.69. The van der Waals surface area contributed by atoms with Crippen LogP contribution in [0.2, 0.25) is 5.02 Å². The maximum atomic E-state index is 12.2. The molecule has 2 aromatic rings. The second kappa shape index (κ2) is 8.20. The van der Waals surface area contributed by atoms with Gasteiger partial charge in [0.1, 0.15) is 11.5 Å². The topological polar surface area (TPSA) is 63.6 Å². The zero-order valence-electron chi connectivity index (χ0n) is 18.2. The summed E-state index contributed by atoms with van der Waals surface area (Å²) >= 11 is 6.33. The summed E-state index contributed by atoms with van der Waals surface area (Å²) < 4.78 is 17.1. The summed E-state index contributed by atoms with van der Waals surface area (Å²) in [6.45, 7) is 3.30. The van der Waals surface area contributed by atoms with Gasteiger partial charge < -0.3 is 19.1 Å². The zero-order valence-corrected chi connectivity index (χ0v) is 19.0. The van der Waals surface area contributed by atoms with Crippen molar-refractivity contribution in [3.63, 3.8) is 0 Å². The molecule has 8 heteroatoms. The van der Waals surface area contributed by atoms with Crippen molar-refractivity contribution in [2.24, 2.45) is 5.10 Å². The van der Waals surface area contributed by atoms with Gasteiger partial charge in [0.25, 0.3) is 0 Å². The van der Waals surface area contributed by atoms with E-state index in [2.05, 4.69) is 5.01 Å². The number of benzene rings is 2. The van der Waals surface area contributed by atoms with Crippen LogP contribution in [0.3, 0.4) is 0 Å². The molecule has 32 heavy (non-hydrogen) atoms. The molecule has 1 spiro atoms. The number of ether oxygens (including phenoxy) is 3. The minimum Gasteiger partial charge on any atom is -0.497 e. The van der Waals surface area contributed by atoms with E-state index < -0.39 is 5.72 Å². The van der Waals surface area contributed by atoms with Gasteiger partial charge in [0.05, 0.1) is 25.5 Å². The van der Waals surface area contributed by atoms with Crippen LogP contribution >= 0.6 is 11.6 Å². The van der Waals surface area contributed by atoms with E-state index in [0.29, 0.717) is 37.6 Å². The molecule has 3 heterocycles. The zero-order chi connectivity index (χ0) is 22.3. The van der Waals surface area contributed by atoms with Crippen LogP contribution < -0.4 is 9.47 Å². The first-order chi connectivity index (χ1) is 15.5. The van der Waals surface area contributed by atoms with E-state index in [4.69, 9.17) is 30.9 Å². The molecule has 0 aliphatic carbocycles. The second-order valence-electron chi connectivity index (χ2n) is 8.26. The van der Waals surface area contributed by atoms with Crippen LogP contribution in [0, 0.1) is 0 Å². The highest BCUT2D eigenvalue weighted by Gasteiger charge is 2.52. The number of nitrogens with zero attached hydrogens (tertiary/aromatic N) is 3. The van der Waals surface area contributed by atoms with Crippen molar-refractivity contribution in [3.8, 4) is 11.5 Å². The molecule has 1 saturated heterocycles. The molecule has 2 aromatic carbocycles. The van der Waals surface area contributed by atoms with E-state index >= 15 is 0 Å². The molecule has 0 radical (unpaired) electrons. The number of carbonyl (C=O) groups is 1. The van der Waals surface area contributed by atoms with Crippen LogP contribution in [-0.4, -0.2) is 54.2 Å². The van der Waals surface area contributed by atoms with Gasteiger partial charge in [-0.05, 0) is 55.0 Å². The first kappa shape index (κ1) is 20.9. The molecule has 1 fully saturated rings. The average Bonchev–Trinajstić information content (AvgIpc) is 3.27. The average molecular weight is 456 g/mol. The minimum atomic E-state index is -0.608. The number of methoxy groups -OCH3 is 1. The van der Waals surface area contributed by atoms with E-state index in [1.165, 1.54) is 0 Å². The summed E-state index contributed by atoms with van der Waals surface area (Å²) in [4.78, 5) is 14.0. The quantitative estimate of drug-likeness (QED) is 0.662. The fraction of sp³-hybridized carbons (Fsp3) is 0.417. The molecular weight excluding hydrogens is 430 g/mol. The lowest BCUT2D eigenvalue weighted by Crippen LogP contribution is -2.59. The van der Waals surface area contributed by atoms with Gasteiger partial charge in [-0.15, -0.1) is 0 Å². The lowest BCUT2D eigenvalue weighted by molar-refractivity contribution is -0.147. The number of likely N-dealkylation sites (tertiary alicyclic amines) is 1. The van der Waals surface area contributed by atoms with Crippen LogP contribution in [0.15, 0.2) is 47.6 Å². The van der Waals surface area contributed by atoms with Gasteiger partial charge in [-0.1, -0.05) is 11.6 Å². The highest BCUT2D eigenvalue weighted by molar-refractivity contribution is 6.30. The number of fused-ring (bicyclic) bond motifs is 4. The van der Waals surface area contributed by atoms with Gasteiger partial charge in [-0.3, -0.25) is 0 Å². The van der Waals surface area contributed by atoms with Gasteiger partial charge >= 0.3 is 6.09 Å². The van der Waals surface area contributed by atoms with Crippen molar-refractivity contribution in [3.05, 3.63) is 58.6 Å². The highest BCUT2D eigenvalue weighted by atomic mass is 35.5.